The molecule has 0 saturated heterocycles. The maximum atomic E-state index is 10.3. The molecule has 0 aromatic rings. The Bertz CT molecular complexity index is 227. The topological polar surface area (TPSA) is 60.4 Å². The van der Waals surface area contributed by atoms with Crippen molar-refractivity contribution >= 4 is 21.1 Å². The van der Waals surface area contributed by atoms with Crippen LogP contribution in [0.5, 0.6) is 0 Å². The fourth-order valence-corrected chi connectivity index (χ4v) is 0.431. The molecule has 0 atom stereocenters. The molecule has 0 radical (unpaired) electrons. The first kappa shape index (κ1) is 8.16. The second-order valence-corrected chi connectivity index (χ2v) is 2.36. The van der Waals surface area contributed by atoms with Crippen molar-refractivity contribution in [2.75, 3.05) is 7.11 Å². The van der Waals surface area contributed by atoms with Crippen LogP contribution in [0.3, 0.4) is 0 Å². The third-order valence-corrected chi connectivity index (χ3v) is 1.39. The number of rotatable bonds is 1. The summed E-state index contributed by atoms with van der Waals surface area (Å²) in [5.74, 6) is -0.816. The van der Waals surface area contributed by atoms with E-state index in [2.05, 4.69) is 4.74 Å². The Labute approximate surface area is 54.0 Å². The molecule has 0 amide bonds. The first-order chi connectivity index (χ1) is 4.09. The van der Waals surface area contributed by atoms with Gasteiger partial charge in [-0.1, -0.05) is 0 Å². The maximum absolute atomic E-state index is 10.3. The van der Waals surface area contributed by atoms with E-state index in [-0.39, 0.29) is 4.86 Å². The first-order valence-electron chi connectivity index (χ1n) is 2.10. The summed E-state index contributed by atoms with van der Waals surface area (Å²) in [5.41, 5.74) is 0. The van der Waals surface area contributed by atoms with Crippen LogP contribution in [0.15, 0.2) is 0 Å². The quantitative estimate of drug-likeness (QED) is 0.364. The molecule has 0 spiro atoms. The Kier molecular flexibility index (Phi) is 2.94. The van der Waals surface area contributed by atoms with Gasteiger partial charge in [0.1, 0.15) is 0 Å². The van der Waals surface area contributed by atoms with Crippen LogP contribution in [0.4, 0.5) is 0 Å². The van der Waals surface area contributed by atoms with Gasteiger partial charge in [-0.15, -0.1) is 0 Å². The van der Waals surface area contributed by atoms with Gasteiger partial charge in [0, 0.05) is 0 Å². The number of carbonyl (C=O) groups is 1. The minimum absolute atomic E-state index is 0.308. The average molecular weight is 150 g/mol. The summed E-state index contributed by atoms with van der Waals surface area (Å²) in [5, 5.41) is 0. The van der Waals surface area contributed by atoms with E-state index in [1.165, 1.54) is 6.92 Å². The largest absolute Gasteiger partial charge is 0.465 e. The molecule has 0 rings (SSSR count). The summed E-state index contributed by atoms with van der Waals surface area (Å²) in [7, 11) is -1.32. The molecule has 0 aliphatic heterocycles. The lowest BCUT2D eigenvalue weighted by Gasteiger charge is -1.89. The van der Waals surface area contributed by atoms with E-state index in [0.29, 0.717) is 0 Å². The minimum atomic E-state index is -2.45. The molecule has 0 aliphatic rings. The van der Waals surface area contributed by atoms with Gasteiger partial charge < -0.3 is 4.74 Å². The van der Waals surface area contributed by atoms with Gasteiger partial charge in [-0.3, -0.25) is 0 Å². The average Bonchev–Trinajstić information content (AvgIpc) is 1.84. The highest BCUT2D eigenvalue weighted by molar-refractivity contribution is 7.74. The Morgan fingerprint density at radius 3 is 2.00 bits per heavy atom. The SMILES string of the molecule is COC(=O)C(C)=S(=O)=O. The van der Waals surface area contributed by atoms with E-state index in [4.69, 9.17) is 0 Å². The van der Waals surface area contributed by atoms with Crippen molar-refractivity contribution in [2.45, 2.75) is 6.92 Å². The molecule has 0 N–H and O–H groups in total. The number of hydrogen-bond acceptors (Lipinski definition) is 4. The zero-order valence-corrected chi connectivity index (χ0v) is 5.86. The third-order valence-electron chi connectivity index (χ3n) is 0.723. The van der Waals surface area contributed by atoms with Crippen LogP contribution in [0.25, 0.3) is 0 Å². The normalized spacial score (nSPS) is 8.22. The highest BCUT2D eigenvalue weighted by Crippen LogP contribution is 1.75. The molecule has 0 bridgehead atoms. The molecule has 5 heteroatoms. The lowest BCUT2D eigenvalue weighted by molar-refractivity contribution is -0.132. The summed E-state index contributed by atoms with van der Waals surface area (Å²) in [4.78, 5) is 9.99. The van der Waals surface area contributed by atoms with Gasteiger partial charge in [0.2, 0.25) is 10.3 Å². The number of ether oxygens (including phenoxy) is 1. The van der Waals surface area contributed by atoms with Crippen LogP contribution in [-0.2, 0) is 19.8 Å². The summed E-state index contributed by atoms with van der Waals surface area (Å²) in [6.07, 6.45) is 0. The van der Waals surface area contributed by atoms with Gasteiger partial charge >= 0.3 is 5.97 Å². The van der Waals surface area contributed by atoms with E-state index in [9.17, 15) is 13.2 Å². The van der Waals surface area contributed by atoms with Crippen molar-refractivity contribution in [3.05, 3.63) is 0 Å². The lowest BCUT2D eigenvalue weighted by Crippen LogP contribution is -2.12. The van der Waals surface area contributed by atoms with E-state index in [0.717, 1.165) is 7.11 Å². The summed E-state index contributed by atoms with van der Waals surface area (Å²) in [6.45, 7) is 1.18. The zero-order valence-electron chi connectivity index (χ0n) is 5.04. The van der Waals surface area contributed by atoms with E-state index < -0.39 is 16.3 Å². The molecule has 52 valence electrons. The van der Waals surface area contributed by atoms with Crippen molar-refractivity contribution in [3.8, 4) is 0 Å². The molecular formula is C4H6O4S. The predicted molar refractivity (Wildman–Crippen MR) is 31.6 cm³/mol. The van der Waals surface area contributed by atoms with Crippen LogP contribution in [0.2, 0.25) is 0 Å². The van der Waals surface area contributed by atoms with Gasteiger partial charge in [-0.05, 0) is 6.92 Å². The molecule has 0 unspecified atom stereocenters. The summed E-state index contributed by atoms with van der Waals surface area (Å²) < 4.78 is 24.0. The third kappa shape index (κ3) is 2.27. The Morgan fingerprint density at radius 1 is 1.44 bits per heavy atom. The molecule has 0 aromatic carbocycles. The van der Waals surface area contributed by atoms with Crippen molar-refractivity contribution in [1.29, 1.82) is 0 Å². The van der Waals surface area contributed by atoms with Gasteiger partial charge in [-0.2, -0.15) is 8.42 Å². The van der Waals surface area contributed by atoms with E-state index >= 15 is 0 Å². The molecule has 4 nitrogen and oxygen atoms in total. The summed E-state index contributed by atoms with van der Waals surface area (Å²) in [6, 6.07) is 0. The number of esters is 1. The molecular weight excluding hydrogens is 144 g/mol. The van der Waals surface area contributed by atoms with Gasteiger partial charge in [0.15, 0.2) is 4.86 Å². The fraction of sp³-hybridized carbons (Fsp3) is 0.500. The van der Waals surface area contributed by atoms with Crippen LogP contribution < -0.4 is 0 Å². The zero-order chi connectivity index (χ0) is 7.44. The van der Waals surface area contributed by atoms with E-state index in [1.807, 2.05) is 0 Å². The second kappa shape index (κ2) is 3.24. The Hall–Kier alpha value is -0.840. The van der Waals surface area contributed by atoms with Crippen LogP contribution in [0, 0.1) is 0 Å². The fourth-order valence-electron chi connectivity index (χ4n) is 0.212. The highest BCUT2D eigenvalue weighted by atomic mass is 32.2. The van der Waals surface area contributed by atoms with Crippen LogP contribution >= 0.6 is 0 Å². The molecule has 0 heterocycles. The van der Waals surface area contributed by atoms with Gasteiger partial charge in [0.25, 0.3) is 0 Å². The standard InChI is InChI=1S/C4H6O4S/c1-3(9(6)7)4(5)8-2/h1-2H3. The first-order valence-corrected chi connectivity index (χ1v) is 3.18. The van der Waals surface area contributed by atoms with Crippen molar-refractivity contribution in [1.82, 2.24) is 0 Å². The van der Waals surface area contributed by atoms with Crippen LogP contribution in [-0.4, -0.2) is 26.4 Å². The second-order valence-electron chi connectivity index (χ2n) is 1.28. The maximum Gasteiger partial charge on any atom is 0.349 e. The number of carbonyl (C=O) groups excluding carboxylic acids is 1. The molecule has 0 aromatic heterocycles. The van der Waals surface area contributed by atoms with Crippen molar-refractivity contribution in [2.24, 2.45) is 0 Å². The van der Waals surface area contributed by atoms with Crippen LogP contribution in [0.1, 0.15) is 6.92 Å². The molecule has 0 fully saturated rings. The Morgan fingerprint density at radius 2 is 1.89 bits per heavy atom. The van der Waals surface area contributed by atoms with Gasteiger partial charge in [-0.25, -0.2) is 4.79 Å². The molecule has 0 aliphatic carbocycles. The van der Waals surface area contributed by atoms with E-state index in [1.54, 1.807) is 0 Å². The highest BCUT2D eigenvalue weighted by Gasteiger charge is 2.04. The monoisotopic (exact) mass is 150 g/mol. The van der Waals surface area contributed by atoms with Gasteiger partial charge in [0.05, 0.1) is 7.11 Å². The lowest BCUT2D eigenvalue weighted by atomic mass is 10.5. The number of hydrogen-bond donors (Lipinski definition) is 0. The number of methoxy groups -OCH3 is 1. The van der Waals surface area contributed by atoms with Crippen molar-refractivity contribution in [3.63, 3.8) is 0 Å². The minimum Gasteiger partial charge on any atom is -0.465 e. The Balaban J connectivity index is 4.62. The predicted octanol–water partition coefficient (Wildman–Crippen LogP) is -0.769. The molecule has 9 heavy (non-hydrogen) atoms. The smallest absolute Gasteiger partial charge is 0.349 e. The molecule has 0 saturated carbocycles. The van der Waals surface area contributed by atoms with Crippen molar-refractivity contribution < 1.29 is 17.9 Å². The summed E-state index contributed by atoms with van der Waals surface area (Å²) >= 11 is 0.